The molecule has 7 heteroatoms. The van der Waals surface area contributed by atoms with E-state index in [0.717, 1.165) is 18.6 Å². The van der Waals surface area contributed by atoms with Gasteiger partial charge >= 0.3 is 0 Å². The molecule has 1 atom stereocenters. The van der Waals surface area contributed by atoms with Crippen LogP contribution in [0.3, 0.4) is 0 Å². The predicted molar refractivity (Wildman–Crippen MR) is 105 cm³/mol. The van der Waals surface area contributed by atoms with Crippen molar-refractivity contribution in [2.75, 3.05) is 13.7 Å². The molecule has 2 aromatic carbocycles. The van der Waals surface area contributed by atoms with Crippen molar-refractivity contribution in [1.82, 2.24) is 4.90 Å². The van der Waals surface area contributed by atoms with Crippen molar-refractivity contribution in [2.45, 2.75) is 25.8 Å². The molecule has 6 nitrogen and oxygen atoms in total. The van der Waals surface area contributed by atoms with Crippen LogP contribution >= 0.6 is 0 Å². The van der Waals surface area contributed by atoms with Gasteiger partial charge in [0.15, 0.2) is 11.5 Å². The topological polar surface area (TPSA) is 87.1 Å². The van der Waals surface area contributed by atoms with E-state index in [-0.39, 0.29) is 28.4 Å². The Labute approximate surface area is 167 Å². The standard InChI is InChI=1S/C22H22FNO5/c1-3-4-11-24-19(14-7-10-17(29-2)16(25)12-14)18(21(27)22(24)28)20(26)13-5-8-15(23)9-6-13/h5-10,12,19,25-26H,3-4,11H2,1-2H3/b20-18-. The smallest absolute Gasteiger partial charge is 0.295 e. The minimum atomic E-state index is -0.872. The lowest BCUT2D eigenvalue weighted by Crippen LogP contribution is -2.30. The van der Waals surface area contributed by atoms with Crippen molar-refractivity contribution >= 4 is 17.4 Å². The molecule has 0 spiro atoms. The number of aromatic hydroxyl groups is 1. The summed E-state index contributed by atoms with van der Waals surface area (Å²) in [6.07, 6.45) is 1.48. The maximum atomic E-state index is 13.3. The lowest BCUT2D eigenvalue weighted by Gasteiger charge is -2.25. The van der Waals surface area contributed by atoms with E-state index in [9.17, 15) is 24.2 Å². The maximum Gasteiger partial charge on any atom is 0.295 e. The van der Waals surface area contributed by atoms with Crippen LogP contribution in [-0.4, -0.2) is 40.5 Å². The molecule has 3 rings (SSSR count). The van der Waals surface area contributed by atoms with Crippen molar-refractivity contribution in [3.05, 3.63) is 65.0 Å². The molecule has 0 saturated carbocycles. The first-order valence-electron chi connectivity index (χ1n) is 9.30. The highest BCUT2D eigenvalue weighted by Crippen LogP contribution is 2.41. The molecule has 1 unspecified atom stereocenters. The molecule has 1 aliphatic heterocycles. The summed E-state index contributed by atoms with van der Waals surface area (Å²) in [5, 5.41) is 21.0. The molecule has 0 aliphatic carbocycles. The van der Waals surface area contributed by atoms with Crippen LogP contribution in [0, 0.1) is 5.82 Å². The fourth-order valence-electron chi connectivity index (χ4n) is 3.43. The number of hydrogen-bond acceptors (Lipinski definition) is 5. The average molecular weight is 399 g/mol. The highest BCUT2D eigenvalue weighted by atomic mass is 19.1. The predicted octanol–water partition coefficient (Wildman–Crippen LogP) is 3.76. The summed E-state index contributed by atoms with van der Waals surface area (Å²) in [5.74, 6) is -2.31. The van der Waals surface area contributed by atoms with Gasteiger partial charge in [0.2, 0.25) is 0 Å². The number of methoxy groups -OCH3 is 1. The number of aliphatic hydroxyl groups is 1. The summed E-state index contributed by atoms with van der Waals surface area (Å²) in [4.78, 5) is 26.9. The number of unbranched alkanes of at least 4 members (excludes halogenated alkanes) is 1. The zero-order chi connectivity index (χ0) is 21.1. The lowest BCUT2D eigenvalue weighted by molar-refractivity contribution is -0.139. The van der Waals surface area contributed by atoms with Gasteiger partial charge in [0.1, 0.15) is 11.6 Å². The first-order chi connectivity index (χ1) is 13.9. The zero-order valence-corrected chi connectivity index (χ0v) is 16.2. The number of phenolic OH excluding ortho intramolecular Hbond substituents is 1. The van der Waals surface area contributed by atoms with Crippen LogP contribution < -0.4 is 4.74 Å². The molecule has 2 aromatic rings. The highest BCUT2D eigenvalue weighted by molar-refractivity contribution is 6.46. The monoisotopic (exact) mass is 399 g/mol. The molecule has 1 aliphatic rings. The molecular weight excluding hydrogens is 377 g/mol. The quantitative estimate of drug-likeness (QED) is 0.439. The maximum absolute atomic E-state index is 13.3. The van der Waals surface area contributed by atoms with Crippen LogP contribution in [0.4, 0.5) is 4.39 Å². The van der Waals surface area contributed by atoms with Gasteiger partial charge in [-0.15, -0.1) is 0 Å². The Bertz CT molecular complexity index is 968. The van der Waals surface area contributed by atoms with Gasteiger partial charge in [0.05, 0.1) is 18.7 Å². The number of carbonyl (C=O) groups is 2. The third-order valence-electron chi connectivity index (χ3n) is 4.93. The average Bonchev–Trinajstić information content (AvgIpc) is 2.96. The van der Waals surface area contributed by atoms with E-state index >= 15 is 0 Å². The van der Waals surface area contributed by atoms with Crippen LogP contribution in [0.2, 0.25) is 0 Å². The van der Waals surface area contributed by atoms with E-state index in [2.05, 4.69) is 0 Å². The van der Waals surface area contributed by atoms with Gasteiger partial charge in [-0.25, -0.2) is 4.39 Å². The number of benzene rings is 2. The van der Waals surface area contributed by atoms with Crippen molar-refractivity contribution in [3.63, 3.8) is 0 Å². The Balaban J connectivity index is 2.17. The first kappa shape index (κ1) is 20.4. The number of Topliss-reactive ketones (excluding diaryl/α,β-unsaturated/α-hetero) is 1. The van der Waals surface area contributed by atoms with Gasteiger partial charge in [0, 0.05) is 12.1 Å². The van der Waals surface area contributed by atoms with Gasteiger partial charge in [-0.05, 0) is 48.4 Å². The Morgan fingerprint density at radius 3 is 2.45 bits per heavy atom. The molecule has 152 valence electrons. The van der Waals surface area contributed by atoms with Gasteiger partial charge in [-0.2, -0.15) is 0 Å². The van der Waals surface area contributed by atoms with Crippen LogP contribution in [0.25, 0.3) is 5.76 Å². The summed E-state index contributed by atoms with van der Waals surface area (Å²) in [6, 6.07) is 8.70. The number of halogens is 1. The molecule has 0 aromatic heterocycles. The molecule has 0 bridgehead atoms. The Morgan fingerprint density at radius 1 is 1.17 bits per heavy atom. The number of ether oxygens (including phenoxy) is 1. The van der Waals surface area contributed by atoms with Crippen LogP contribution in [-0.2, 0) is 9.59 Å². The van der Waals surface area contributed by atoms with E-state index in [4.69, 9.17) is 4.74 Å². The zero-order valence-electron chi connectivity index (χ0n) is 16.2. The number of phenols is 1. The number of ketones is 1. The largest absolute Gasteiger partial charge is 0.507 e. The number of aliphatic hydroxyl groups excluding tert-OH is 1. The summed E-state index contributed by atoms with van der Waals surface area (Å²) >= 11 is 0. The molecule has 1 heterocycles. The molecule has 29 heavy (non-hydrogen) atoms. The van der Waals surface area contributed by atoms with E-state index in [1.165, 1.54) is 36.3 Å². The highest BCUT2D eigenvalue weighted by Gasteiger charge is 2.45. The van der Waals surface area contributed by atoms with E-state index in [1.54, 1.807) is 6.07 Å². The third kappa shape index (κ3) is 3.81. The second-order valence-corrected chi connectivity index (χ2v) is 6.78. The number of rotatable bonds is 6. The number of hydrogen-bond donors (Lipinski definition) is 2. The molecule has 2 N–H and O–H groups in total. The van der Waals surface area contributed by atoms with Crippen molar-refractivity contribution in [2.24, 2.45) is 0 Å². The van der Waals surface area contributed by atoms with Gasteiger partial charge < -0.3 is 19.8 Å². The summed E-state index contributed by atoms with van der Waals surface area (Å²) in [5.41, 5.74) is 0.590. The van der Waals surface area contributed by atoms with Crippen molar-refractivity contribution < 1.29 is 28.9 Å². The Morgan fingerprint density at radius 2 is 1.86 bits per heavy atom. The number of likely N-dealkylation sites (tertiary alicyclic amines) is 1. The normalized spacial score (nSPS) is 18.3. The minimum absolute atomic E-state index is 0.0951. The molecule has 1 saturated heterocycles. The summed E-state index contributed by atoms with van der Waals surface area (Å²) in [7, 11) is 1.41. The van der Waals surface area contributed by atoms with Gasteiger partial charge in [-0.3, -0.25) is 9.59 Å². The van der Waals surface area contributed by atoms with E-state index in [1.807, 2.05) is 6.92 Å². The van der Waals surface area contributed by atoms with Crippen LogP contribution in [0.1, 0.15) is 36.9 Å². The molecule has 0 radical (unpaired) electrons. The van der Waals surface area contributed by atoms with Crippen LogP contribution in [0.15, 0.2) is 48.0 Å². The minimum Gasteiger partial charge on any atom is -0.507 e. The van der Waals surface area contributed by atoms with Crippen LogP contribution in [0.5, 0.6) is 11.5 Å². The second-order valence-electron chi connectivity index (χ2n) is 6.78. The third-order valence-corrected chi connectivity index (χ3v) is 4.93. The number of carbonyl (C=O) groups excluding carboxylic acids is 2. The second kappa shape index (κ2) is 8.34. The SMILES string of the molecule is CCCCN1C(=O)C(=O)/C(=C(\O)c2ccc(F)cc2)C1c1ccc(OC)c(O)c1. The molecular formula is C22H22FNO5. The van der Waals surface area contributed by atoms with Crippen molar-refractivity contribution in [3.8, 4) is 11.5 Å². The Hall–Kier alpha value is -3.35. The van der Waals surface area contributed by atoms with E-state index < -0.39 is 23.5 Å². The van der Waals surface area contributed by atoms with Crippen molar-refractivity contribution in [1.29, 1.82) is 0 Å². The van der Waals surface area contributed by atoms with Gasteiger partial charge in [-0.1, -0.05) is 19.4 Å². The fourth-order valence-corrected chi connectivity index (χ4v) is 3.43. The number of amides is 1. The molecule has 1 fully saturated rings. The summed E-state index contributed by atoms with van der Waals surface area (Å²) < 4.78 is 18.3. The Kier molecular flexibility index (Phi) is 5.87. The summed E-state index contributed by atoms with van der Waals surface area (Å²) in [6.45, 7) is 2.28. The first-order valence-corrected chi connectivity index (χ1v) is 9.30. The molecule has 1 amide bonds. The number of nitrogens with zero attached hydrogens (tertiary/aromatic N) is 1. The lowest BCUT2D eigenvalue weighted by atomic mass is 9.95. The van der Waals surface area contributed by atoms with E-state index in [0.29, 0.717) is 18.5 Å². The van der Waals surface area contributed by atoms with Gasteiger partial charge in [0.25, 0.3) is 11.7 Å². The fraction of sp³-hybridized carbons (Fsp3) is 0.273.